The standard InChI is InChI=1S/C19H19NO4/c1-21-16-7-5-13(6-8-16)9-15(12-20)14-10-17(22-2)19(24-4)18(11-14)23-3/h5-11H,1-4H3/b15-9+. The van der Waals surface area contributed by atoms with Gasteiger partial charge in [-0.1, -0.05) is 12.1 Å². The topological polar surface area (TPSA) is 60.7 Å². The number of hydrogen-bond acceptors (Lipinski definition) is 5. The van der Waals surface area contributed by atoms with Crippen LogP contribution in [0.15, 0.2) is 36.4 Å². The smallest absolute Gasteiger partial charge is 0.203 e. The second kappa shape index (κ2) is 7.93. The van der Waals surface area contributed by atoms with Crippen LogP contribution in [0.25, 0.3) is 11.6 Å². The minimum absolute atomic E-state index is 0.486. The van der Waals surface area contributed by atoms with E-state index >= 15 is 0 Å². The molecule has 0 heterocycles. The molecule has 2 rings (SSSR count). The molecule has 0 aliphatic heterocycles. The van der Waals surface area contributed by atoms with Crippen LogP contribution in [0.5, 0.6) is 23.0 Å². The Hall–Kier alpha value is -3.13. The summed E-state index contributed by atoms with van der Waals surface area (Å²) in [6.07, 6.45) is 1.79. The van der Waals surface area contributed by atoms with Gasteiger partial charge in [0.15, 0.2) is 11.5 Å². The Morgan fingerprint density at radius 2 is 1.46 bits per heavy atom. The van der Waals surface area contributed by atoms with Crippen LogP contribution in [-0.2, 0) is 0 Å². The summed E-state index contributed by atoms with van der Waals surface area (Å²) in [5, 5.41) is 9.54. The number of methoxy groups -OCH3 is 4. The highest BCUT2D eigenvalue weighted by Gasteiger charge is 2.15. The third-order valence-electron chi connectivity index (χ3n) is 3.52. The van der Waals surface area contributed by atoms with E-state index in [-0.39, 0.29) is 0 Å². The average molecular weight is 325 g/mol. The molecule has 0 fully saturated rings. The van der Waals surface area contributed by atoms with Gasteiger partial charge in [-0.15, -0.1) is 0 Å². The van der Waals surface area contributed by atoms with Crippen molar-refractivity contribution in [1.29, 1.82) is 5.26 Å². The maximum Gasteiger partial charge on any atom is 0.203 e. The second-order valence-corrected chi connectivity index (χ2v) is 4.86. The Balaban J connectivity index is 2.50. The van der Waals surface area contributed by atoms with Gasteiger partial charge in [-0.25, -0.2) is 0 Å². The van der Waals surface area contributed by atoms with Gasteiger partial charge in [-0.2, -0.15) is 5.26 Å². The van der Waals surface area contributed by atoms with E-state index in [2.05, 4.69) is 6.07 Å². The van der Waals surface area contributed by atoms with E-state index in [0.29, 0.717) is 28.4 Å². The van der Waals surface area contributed by atoms with Crippen molar-refractivity contribution >= 4 is 11.6 Å². The zero-order valence-corrected chi connectivity index (χ0v) is 14.1. The normalized spacial score (nSPS) is 10.7. The van der Waals surface area contributed by atoms with E-state index in [1.807, 2.05) is 24.3 Å². The first-order valence-corrected chi connectivity index (χ1v) is 7.23. The second-order valence-electron chi connectivity index (χ2n) is 4.86. The van der Waals surface area contributed by atoms with Crippen LogP contribution in [0.3, 0.4) is 0 Å². The fourth-order valence-corrected chi connectivity index (χ4v) is 2.28. The molecular formula is C19H19NO4. The van der Waals surface area contributed by atoms with Gasteiger partial charge in [0.25, 0.3) is 0 Å². The number of ether oxygens (including phenoxy) is 4. The first-order valence-electron chi connectivity index (χ1n) is 7.23. The van der Waals surface area contributed by atoms with Crippen LogP contribution >= 0.6 is 0 Å². The van der Waals surface area contributed by atoms with Crippen molar-refractivity contribution in [2.75, 3.05) is 28.4 Å². The molecule has 0 atom stereocenters. The maximum atomic E-state index is 9.54. The lowest BCUT2D eigenvalue weighted by Crippen LogP contribution is -1.96. The van der Waals surface area contributed by atoms with Gasteiger partial charge in [-0.3, -0.25) is 0 Å². The van der Waals surface area contributed by atoms with Crippen molar-refractivity contribution in [2.45, 2.75) is 0 Å². The molecule has 2 aromatic carbocycles. The van der Waals surface area contributed by atoms with Crippen molar-refractivity contribution in [3.05, 3.63) is 47.5 Å². The quantitative estimate of drug-likeness (QED) is 0.597. The molecule has 0 bridgehead atoms. The van der Waals surface area contributed by atoms with Gasteiger partial charge in [0.2, 0.25) is 5.75 Å². The number of benzene rings is 2. The predicted molar refractivity (Wildman–Crippen MR) is 92.6 cm³/mol. The molecule has 0 saturated heterocycles. The van der Waals surface area contributed by atoms with Crippen molar-refractivity contribution < 1.29 is 18.9 Å². The van der Waals surface area contributed by atoms with E-state index in [4.69, 9.17) is 18.9 Å². The first kappa shape index (κ1) is 17.2. The summed E-state index contributed by atoms with van der Waals surface area (Å²) in [6, 6.07) is 13.2. The summed E-state index contributed by atoms with van der Waals surface area (Å²) in [5.74, 6) is 2.26. The number of nitriles is 1. The van der Waals surface area contributed by atoms with Gasteiger partial charge in [0, 0.05) is 0 Å². The molecule has 2 aromatic rings. The highest BCUT2D eigenvalue weighted by atomic mass is 16.5. The van der Waals surface area contributed by atoms with Crippen molar-refractivity contribution in [1.82, 2.24) is 0 Å². The third kappa shape index (κ3) is 3.61. The first-order chi connectivity index (χ1) is 11.7. The molecule has 0 saturated carbocycles. The van der Waals surface area contributed by atoms with Gasteiger partial charge >= 0.3 is 0 Å². The molecule has 0 radical (unpaired) electrons. The predicted octanol–water partition coefficient (Wildman–Crippen LogP) is 3.79. The van der Waals surface area contributed by atoms with E-state index in [1.54, 1.807) is 46.6 Å². The van der Waals surface area contributed by atoms with E-state index in [0.717, 1.165) is 11.3 Å². The fourth-order valence-electron chi connectivity index (χ4n) is 2.28. The largest absolute Gasteiger partial charge is 0.497 e. The lowest BCUT2D eigenvalue weighted by Gasteiger charge is -2.13. The number of nitrogens with zero attached hydrogens (tertiary/aromatic N) is 1. The molecule has 5 nitrogen and oxygen atoms in total. The zero-order chi connectivity index (χ0) is 17.5. The van der Waals surface area contributed by atoms with Crippen LogP contribution < -0.4 is 18.9 Å². The summed E-state index contributed by atoms with van der Waals surface area (Å²) in [7, 11) is 6.24. The molecule has 24 heavy (non-hydrogen) atoms. The SMILES string of the molecule is COc1ccc(/C=C(\C#N)c2cc(OC)c(OC)c(OC)c2)cc1. The Morgan fingerprint density at radius 1 is 0.875 bits per heavy atom. The lowest BCUT2D eigenvalue weighted by molar-refractivity contribution is 0.324. The van der Waals surface area contributed by atoms with Crippen LogP contribution in [0.2, 0.25) is 0 Å². The fraction of sp³-hybridized carbons (Fsp3) is 0.211. The molecule has 0 amide bonds. The van der Waals surface area contributed by atoms with E-state index in [1.165, 1.54) is 0 Å². The van der Waals surface area contributed by atoms with E-state index < -0.39 is 0 Å². The molecule has 0 N–H and O–H groups in total. The molecule has 0 spiro atoms. The van der Waals surface area contributed by atoms with E-state index in [9.17, 15) is 5.26 Å². The minimum atomic E-state index is 0.486. The maximum absolute atomic E-state index is 9.54. The number of hydrogen-bond donors (Lipinski definition) is 0. The van der Waals surface area contributed by atoms with Crippen LogP contribution in [0.4, 0.5) is 0 Å². The summed E-state index contributed by atoms with van der Waals surface area (Å²) in [4.78, 5) is 0. The summed E-state index contributed by atoms with van der Waals surface area (Å²) in [6.45, 7) is 0. The molecule has 5 heteroatoms. The summed E-state index contributed by atoms with van der Waals surface area (Å²) >= 11 is 0. The van der Waals surface area contributed by atoms with Crippen molar-refractivity contribution in [2.24, 2.45) is 0 Å². The van der Waals surface area contributed by atoms with Gasteiger partial charge in [-0.05, 0) is 41.5 Å². The highest BCUT2D eigenvalue weighted by Crippen LogP contribution is 2.40. The van der Waals surface area contributed by atoms with Crippen molar-refractivity contribution in [3.8, 4) is 29.1 Å². The molecule has 0 aliphatic carbocycles. The molecular weight excluding hydrogens is 306 g/mol. The third-order valence-corrected chi connectivity index (χ3v) is 3.52. The van der Waals surface area contributed by atoms with Crippen LogP contribution in [-0.4, -0.2) is 28.4 Å². The number of allylic oxidation sites excluding steroid dienone is 1. The Labute approximate surface area is 141 Å². The zero-order valence-electron chi connectivity index (χ0n) is 14.1. The van der Waals surface area contributed by atoms with Gasteiger partial charge in [0.05, 0.1) is 40.1 Å². The average Bonchev–Trinajstić information content (AvgIpc) is 2.65. The van der Waals surface area contributed by atoms with Crippen LogP contribution in [0, 0.1) is 11.3 Å². The summed E-state index contributed by atoms with van der Waals surface area (Å²) < 4.78 is 21.1. The van der Waals surface area contributed by atoms with Crippen molar-refractivity contribution in [3.63, 3.8) is 0 Å². The molecule has 0 aliphatic rings. The summed E-state index contributed by atoms with van der Waals surface area (Å²) in [5.41, 5.74) is 2.06. The Bertz CT molecular complexity index is 748. The molecule has 124 valence electrons. The van der Waals surface area contributed by atoms with Crippen LogP contribution in [0.1, 0.15) is 11.1 Å². The monoisotopic (exact) mass is 325 g/mol. The Kier molecular flexibility index (Phi) is 5.69. The van der Waals surface area contributed by atoms with Gasteiger partial charge in [0.1, 0.15) is 5.75 Å². The molecule has 0 unspecified atom stereocenters. The Morgan fingerprint density at radius 3 is 1.88 bits per heavy atom. The van der Waals surface area contributed by atoms with Gasteiger partial charge < -0.3 is 18.9 Å². The highest BCUT2D eigenvalue weighted by molar-refractivity contribution is 5.90. The number of rotatable bonds is 6. The minimum Gasteiger partial charge on any atom is -0.497 e. The lowest BCUT2D eigenvalue weighted by atomic mass is 10.0. The molecule has 0 aromatic heterocycles.